The van der Waals surface area contributed by atoms with Gasteiger partial charge in [-0.1, -0.05) is 50.2 Å². The monoisotopic (exact) mass is 380 g/mol. The largest absolute Gasteiger partial charge is 0.378 e. The van der Waals surface area contributed by atoms with Gasteiger partial charge in [0.05, 0.1) is 19.6 Å². The van der Waals surface area contributed by atoms with Crippen LogP contribution in [0, 0.1) is 5.92 Å². The minimum absolute atomic E-state index is 0.147. The molecule has 1 fully saturated rings. The Balaban J connectivity index is 1.52. The van der Waals surface area contributed by atoms with Crippen molar-refractivity contribution >= 4 is 11.6 Å². The number of amides is 1. The van der Waals surface area contributed by atoms with Crippen LogP contribution < -0.4 is 4.90 Å². The van der Waals surface area contributed by atoms with Gasteiger partial charge in [-0.25, -0.2) is 0 Å². The fourth-order valence-electron chi connectivity index (χ4n) is 3.57. The molecule has 2 aromatic rings. The lowest BCUT2D eigenvalue weighted by Gasteiger charge is -2.29. The Morgan fingerprint density at radius 1 is 0.964 bits per heavy atom. The summed E-state index contributed by atoms with van der Waals surface area (Å²) in [4.78, 5) is 16.7. The summed E-state index contributed by atoms with van der Waals surface area (Å²) in [6.07, 6.45) is 1.53. The fraction of sp³-hybridized carbons (Fsp3) is 0.458. The summed E-state index contributed by atoms with van der Waals surface area (Å²) >= 11 is 0. The zero-order chi connectivity index (χ0) is 19.9. The van der Waals surface area contributed by atoms with Gasteiger partial charge in [-0.3, -0.25) is 4.79 Å². The van der Waals surface area contributed by atoms with Crippen LogP contribution in [0.5, 0.6) is 0 Å². The maximum absolute atomic E-state index is 12.6. The van der Waals surface area contributed by atoms with Crippen molar-refractivity contribution in [1.29, 1.82) is 0 Å². The number of nitrogens with zero attached hydrogens (tertiary/aromatic N) is 2. The number of anilines is 1. The topological polar surface area (TPSA) is 32.8 Å². The quantitative estimate of drug-likeness (QED) is 0.730. The highest BCUT2D eigenvalue weighted by molar-refractivity contribution is 5.78. The lowest BCUT2D eigenvalue weighted by molar-refractivity contribution is -0.129. The maximum Gasteiger partial charge on any atom is 0.227 e. The summed E-state index contributed by atoms with van der Waals surface area (Å²) < 4.78 is 5.41. The molecule has 0 aromatic heterocycles. The summed E-state index contributed by atoms with van der Waals surface area (Å²) in [5.41, 5.74) is 4.79. The zero-order valence-corrected chi connectivity index (χ0v) is 17.4. The van der Waals surface area contributed by atoms with Gasteiger partial charge >= 0.3 is 0 Å². The van der Waals surface area contributed by atoms with E-state index in [0.29, 0.717) is 18.9 Å². The first-order valence-corrected chi connectivity index (χ1v) is 10.2. The number of carbonyl (C=O) groups is 1. The summed E-state index contributed by atoms with van der Waals surface area (Å²) in [6, 6.07) is 17.0. The Bertz CT molecular complexity index is 747. The first-order valence-electron chi connectivity index (χ1n) is 10.2. The predicted molar refractivity (Wildman–Crippen MR) is 115 cm³/mol. The van der Waals surface area contributed by atoms with Gasteiger partial charge in [0.15, 0.2) is 0 Å². The lowest BCUT2D eigenvalue weighted by atomic mass is 10.0. The van der Waals surface area contributed by atoms with E-state index in [1.807, 2.05) is 11.9 Å². The third-order valence-electron chi connectivity index (χ3n) is 5.18. The van der Waals surface area contributed by atoms with Crippen LogP contribution >= 0.6 is 0 Å². The molecular formula is C24H32N2O2. The third-order valence-corrected chi connectivity index (χ3v) is 5.18. The summed E-state index contributed by atoms with van der Waals surface area (Å²) in [7, 11) is 1.88. The number of morpholine rings is 1. The second-order valence-electron chi connectivity index (χ2n) is 8.11. The summed E-state index contributed by atoms with van der Waals surface area (Å²) in [5, 5.41) is 0. The molecule has 4 heteroatoms. The molecular weight excluding hydrogens is 348 g/mol. The molecule has 28 heavy (non-hydrogen) atoms. The van der Waals surface area contributed by atoms with Crippen molar-refractivity contribution < 1.29 is 9.53 Å². The van der Waals surface area contributed by atoms with E-state index in [9.17, 15) is 4.79 Å². The van der Waals surface area contributed by atoms with E-state index in [1.54, 1.807) is 0 Å². The number of benzene rings is 2. The van der Waals surface area contributed by atoms with E-state index >= 15 is 0 Å². The van der Waals surface area contributed by atoms with Crippen molar-refractivity contribution in [1.82, 2.24) is 4.90 Å². The summed E-state index contributed by atoms with van der Waals surface area (Å²) in [6.45, 7) is 8.53. The number of rotatable bonds is 7. The van der Waals surface area contributed by atoms with Crippen LogP contribution in [0.15, 0.2) is 48.5 Å². The van der Waals surface area contributed by atoms with E-state index in [4.69, 9.17) is 4.74 Å². The van der Waals surface area contributed by atoms with E-state index < -0.39 is 0 Å². The number of hydrogen-bond donors (Lipinski definition) is 0. The van der Waals surface area contributed by atoms with E-state index in [-0.39, 0.29) is 5.91 Å². The van der Waals surface area contributed by atoms with Crippen molar-refractivity contribution in [3.8, 4) is 0 Å². The van der Waals surface area contributed by atoms with Crippen LogP contribution in [0.4, 0.5) is 5.69 Å². The second-order valence-corrected chi connectivity index (χ2v) is 8.11. The molecule has 150 valence electrons. The molecule has 0 atom stereocenters. The van der Waals surface area contributed by atoms with Gasteiger partial charge in [0.25, 0.3) is 0 Å². The first-order chi connectivity index (χ1) is 13.5. The van der Waals surface area contributed by atoms with E-state index in [1.165, 1.54) is 11.3 Å². The Kier molecular flexibility index (Phi) is 7.10. The Morgan fingerprint density at radius 2 is 1.54 bits per heavy atom. The van der Waals surface area contributed by atoms with Gasteiger partial charge in [0.2, 0.25) is 5.91 Å². The molecule has 0 N–H and O–H groups in total. The van der Waals surface area contributed by atoms with Gasteiger partial charge in [0, 0.05) is 32.4 Å². The molecule has 0 saturated carbocycles. The summed E-state index contributed by atoms with van der Waals surface area (Å²) in [5.74, 6) is 0.794. The van der Waals surface area contributed by atoms with Crippen molar-refractivity contribution in [2.24, 2.45) is 5.92 Å². The SMILES string of the molecule is CC(C)Cc1ccc(CC(=O)N(C)Cc2ccc(N3CCOCC3)cc2)cc1. The molecule has 1 aliphatic rings. The number of carbonyl (C=O) groups excluding carboxylic acids is 1. The van der Waals surface area contributed by atoms with Crippen molar-refractivity contribution in [2.75, 3.05) is 38.3 Å². The lowest BCUT2D eigenvalue weighted by Crippen LogP contribution is -2.36. The van der Waals surface area contributed by atoms with Gasteiger partial charge in [-0.05, 0) is 41.2 Å². The molecule has 1 heterocycles. The van der Waals surface area contributed by atoms with Gasteiger partial charge < -0.3 is 14.5 Å². The Labute approximate surface area is 169 Å². The molecule has 2 aromatic carbocycles. The van der Waals surface area contributed by atoms with Crippen LogP contribution in [0.25, 0.3) is 0 Å². The molecule has 0 bridgehead atoms. The van der Waals surface area contributed by atoms with Crippen LogP contribution in [0.3, 0.4) is 0 Å². The molecule has 1 saturated heterocycles. The molecule has 4 nitrogen and oxygen atoms in total. The highest BCUT2D eigenvalue weighted by Crippen LogP contribution is 2.18. The smallest absolute Gasteiger partial charge is 0.227 e. The standard InChI is InChI=1S/C24H32N2O2/c1-19(2)16-20-4-6-21(7-5-20)17-24(27)25(3)18-22-8-10-23(11-9-22)26-12-14-28-15-13-26/h4-11,19H,12-18H2,1-3H3. The number of likely N-dealkylation sites (N-methyl/N-ethyl adjacent to an activating group) is 1. The minimum Gasteiger partial charge on any atom is -0.378 e. The second kappa shape index (κ2) is 9.74. The van der Waals surface area contributed by atoms with Crippen LogP contribution in [0.1, 0.15) is 30.5 Å². The van der Waals surface area contributed by atoms with Crippen molar-refractivity contribution in [3.63, 3.8) is 0 Å². The zero-order valence-electron chi connectivity index (χ0n) is 17.4. The highest BCUT2D eigenvalue weighted by atomic mass is 16.5. The number of ether oxygens (including phenoxy) is 1. The van der Waals surface area contributed by atoms with E-state index in [0.717, 1.165) is 43.9 Å². The average Bonchev–Trinajstić information content (AvgIpc) is 2.70. The van der Waals surface area contributed by atoms with Gasteiger partial charge in [-0.2, -0.15) is 0 Å². The predicted octanol–water partition coefficient (Wildman–Crippen LogP) is 3.92. The van der Waals surface area contributed by atoms with Gasteiger partial charge in [-0.15, -0.1) is 0 Å². The van der Waals surface area contributed by atoms with Gasteiger partial charge in [0.1, 0.15) is 0 Å². The van der Waals surface area contributed by atoms with Crippen molar-refractivity contribution in [3.05, 3.63) is 65.2 Å². The Hall–Kier alpha value is -2.33. The maximum atomic E-state index is 12.6. The van der Waals surface area contributed by atoms with E-state index in [2.05, 4.69) is 67.3 Å². The first kappa shape index (κ1) is 20.4. The highest BCUT2D eigenvalue weighted by Gasteiger charge is 2.13. The molecule has 3 rings (SSSR count). The average molecular weight is 381 g/mol. The Morgan fingerprint density at radius 3 is 2.14 bits per heavy atom. The molecule has 1 amide bonds. The minimum atomic E-state index is 0.147. The molecule has 0 radical (unpaired) electrons. The van der Waals surface area contributed by atoms with Crippen LogP contribution in [-0.4, -0.2) is 44.2 Å². The van der Waals surface area contributed by atoms with Crippen LogP contribution in [-0.2, 0) is 28.9 Å². The molecule has 0 spiro atoms. The normalized spacial score (nSPS) is 14.4. The van der Waals surface area contributed by atoms with Crippen LogP contribution in [0.2, 0.25) is 0 Å². The number of hydrogen-bond acceptors (Lipinski definition) is 3. The fourth-order valence-corrected chi connectivity index (χ4v) is 3.57. The third kappa shape index (κ3) is 5.83. The molecule has 1 aliphatic heterocycles. The van der Waals surface area contributed by atoms with Crippen molar-refractivity contribution in [2.45, 2.75) is 33.2 Å². The molecule has 0 aliphatic carbocycles. The molecule has 0 unspecified atom stereocenters.